The van der Waals surface area contributed by atoms with Crippen LogP contribution < -0.4 is 10.6 Å². The van der Waals surface area contributed by atoms with Crippen LogP contribution in [0.5, 0.6) is 0 Å². The van der Waals surface area contributed by atoms with Crippen LogP contribution in [-0.2, 0) is 0 Å². The Labute approximate surface area is 162 Å². The molecule has 1 fully saturated rings. The summed E-state index contributed by atoms with van der Waals surface area (Å²) in [4.78, 5) is 0. The highest BCUT2D eigenvalue weighted by Gasteiger charge is 2.47. The van der Waals surface area contributed by atoms with Crippen molar-refractivity contribution in [3.63, 3.8) is 0 Å². The summed E-state index contributed by atoms with van der Waals surface area (Å²) in [5.74, 6) is 1.92. The Morgan fingerprint density at radius 2 is 1.62 bits per heavy atom. The number of hydrogen-bond donors (Lipinski definition) is 1. The van der Waals surface area contributed by atoms with Gasteiger partial charge in [0.1, 0.15) is 0 Å². The molecule has 26 heavy (non-hydrogen) atoms. The van der Waals surface area contributed by atoms with Crippen LogP contribution in [0.15, 0.2) is 60.7 Å². The summed E-state index contributed by atoms with van der Waals surface area (Å²) < 4.78 is 0. The van der Waals surface area contributed by atoms with Gasteiger partial charge in [-0.1, -0.05) is 74.5 Å². The van der Waals surface area contributed by atoms with E-state index in [9.17, 15) is 5.11 Å². The summed E-state index contributed by atoms with van der Waals surface area (Å²) in [7, 11) is 2.58. The Morgan fingerprint density at radius 1 is 1.08 bits per heavy atom. The second-order valence-electron chi connectivity index (χ2n) is 8.13. The normalized spacial score (nSPS) is 27.0. The van der Waals surface area contributed by atoms with Crippen LogP contribution in [-0.4, -0.2) is 24.0 Å². The van der Waals surface area contributed by atoms with Crippen molar-refractivity contribution >= 4 is 27.8 Å². The molecule has 5 atom stereocenters. The number of benzene rings is 2. The molecule has 0 amide bonds. The topological polar surface area (TPSA) is 20.2 Å². The van der Waals surface area contributed by atoms with Crippen LogP contribution in [0.4, 0.5) is 0 Å². The summed E-state index contributed by atoms with van der Waals surface area (Å²) in [6.45, 7) is 5.00. The zero-order valence-corrected chi connectivity index (χ0v) is 18.1. The Bertz CT molecular complexity index is 636. The Balaban J connectivity index is 1.91. The average molecular weight is 386 g/mol. The van der Waals surface area contributed by atoms with Crippen molar-refractivity contribution in [1.29, 1.82) is 0 Å². The SMILES string of the molecule is CC(CP)C1C(CP(c2ccccc2)c2ccccc2)CCC1(C)CO. The van der Waals surface area contributed by atoms with E-state index in [2.05, 4.69) is 83.8 Å². The molecule has 1 nitrogen and oxygen atoms in total. The third kappa shape index (κ3) is 4.22. The molecule has 1 aliphatic rings. The molecule has 3 rings (SSSR count). The molecule has 5 unspecified atom stereocenters. The van der Waals surface area contributed by atoms with Gasteiger partial charge in [-0.05, 0) is 66.9 Å². The number of aliphatic hydroxyl groups is 1. The van der Waals surface area contributed by atoms with Gasteiger partial charge in [0, 0.05) is 6.61 Å². The maximum absolute atomic E-state index is 10.1. The minimum Gasteiger partial charge on any atom is -0.396 e. The van der Waals surface area contributed by atoms with Gasteiger partial charge in [0.2, 0.25) is 0 Å². The van der Waals surface area contributed by atoms with Gasteiger partial charge < -0.3 is 5.11 Å². The first kappa shape index (κ1) is 20.0. The van der Waals surface area contributed by atoms with Crippen LogP contribution in [0.1, 0.15) is 26.7 Å². The van der Waals surface area contributed by atoms with Crippen molar-refractivity contribution in [3.8, 4) is 0 Å². The zero-order chi connectivity index (χ0) is 18.6. The van der Waals surface area contributed by atoms with Crippen LogP contribution in [0, 0.1) is 23.2 Å². The third-order valence-electron chi connectivity index (χ3n) is 6.30. The number of rotatable bonds is 7. The second-order valence-corrected chi connectivity index (χ2v) is 10.9. The predicted octanol–water partition coefficient (Wildman–Crippen LogP) is 4.66. The maximum Gasteiger partial charge on any atom is 0.0487 e. The molecule has 1 saturated carbocycles. The largest absolute Gasteiger partial charge is 0.396 e. The average Bonchev–Trinajstić information content (AvgIpc) is 3.03. The molecule has 140 valence electrons. The van der Waals surface area contributed by atoms with E-state index in [1.165, 1.54) is 23.2 Å². The van der Waals surface area contributed by atoms with Gasteiger partial charge in [0.25, 0.3) is 0 Å². The van der Waals surface area contributed by atoms with Crippen molar-refractivity contribution in [2.75, 3.05) is 18.9 Å². The molecule has 0 bridgehead atoms. The lowest BCUT2D eigenvalue weighted by Crippen LogP contribution is -2.36. The second kappa shape index (κ2) is 8.97. The van der Waals surface area contributed by atoms with Crippen LogP contribution in [0.2, 0.25) is 0 Å². The summed E-state index contributed by atoms with van der Waals surface area (Å²) in [6.07, 6.45) is 4.75. The standard InChI is InChI=1S/C23H32OP2/c1-18(15-25)22-19(13-14-23(22,2)17-24)16-26(20-9-5-3-6-10-20)21-11-7-4-8-12-21/h3-12,18-19,22,24H,13-17,25H2,1-2H3. The van der Waals surface area contributed by atoms with Gasteiger partial charge in [-0.2, -0.15) is 0 Å². The molecule has 1 N–H and O–H groups in total. The molecule has 1 aliphatic carbocycles. The van der Waals surface area contributed by atoms with E-state index in [0.29, 0.717) is 24.4 Å². The van der Waals surface area contributed by atoms with E-state index in [0.717, 1.165) is 12.6 Å². The Morgan fingerprint density at radius 3 is 2.08 bits per heavy atom. The molecule has 0 aromatic heterocycles. The van der Waals surface area contributed by atoms with E-state index in [-0.39, 0.29) is 13.3 Å². The van der Waals surface area contributed by atoms with E-state index >= 15 is 0 Å². The first-order chi connectivity index (χ1) is 12.6. The molecule has 0 radical (unpaired) electrons. The summed E-state index contributed by atoms with van der Waals surface area (Å²) in [6, 6.07) is 22.1. The molecular weight excluding hydrogens is 354 g/mol. The molecule has 2 aromatic carbocycles. The van der Waals surface area contributed by atoms with Crippen LogP contribution >= 0.6 is 17.2 Å². The fourth-order valence-corrected chi connectivity index (χ4v) is 7.88. The van der Waals surface area contributed by atoms with Crippen LogP contribution in [0.3, 0.4) is 0 Å². The van der Waals surface area contributed by atoms with Gasteiger partial charge in [0.05, 0.1) is 0 Å². The first-order valence-electron chi connectivity index (χ1n) is 9.77. The van der Waals surface area contributed by atoms with E-state index < -0.39 is 0 Å². The van der Waals surface area contributed by atoms with E-state index in [4.69, 9.17) is 0 Å². The van der Waals surface area contributed by atoms with Gasteiger partial charge in [0.15, 0.2) is 0 Å². The van der Waals surface area contributed by atoms with Gasteiger partial charge >= 0.3 is 0 Å². The van der Waals surface area contributed by atoms with E-state index in [1.807, 2.05) is 0 Å². The summed E-state index contributed by atoms with van der Waals surface area (Å²) in [5.41, 5.74) is 0.0784. The van der Waals surface area contributed by atoms with Crippen molar-refractivity contribution in [3.05, 3.63) is 60.7 Å². The monoisotopic (exact) mass is 386 g/mol. The van der Waals surface area contributed by atoms with E-state index in [1.54, 1.807) is 0 Å². The Kier molecular flexibility index (Phi) is 6.90. The molecular formula is C23H32OP2. The molecule has 3 heteroatoms. The number of aliphatic hydroxyl groups excluding tert-OH is 1. The highest BCUT2D eigenvalue weighted by molar-refractivity contribution is 7.73. The quantitative estimate of drug-likeness (QED) is 0.687. The van der Waals surface area contributed by atoms with Gasteiger partial charge in [-0.15, -0.1) is 9.24 Å². The highest BCUT2D eigenvalue weighted by atomic mass is 31.1. The maximum atomic E-state index is 10.1. The van der Waals surface area contributed by atoms with Gasteiger partial charge in [-0.3, -0.25) is 0 Å². The van der Waals surface area contributed by atoms with Crippen molar-refractivity contribution in [2.24, 2.45) is 23.2 Å². The smallest absolute Gasteiger partial charge is 0.0487 e. The van der Waals surface area contributed by atoms with Crippen molar-refractivity contribution < 1.29 is 5.11 Å². The Hall–Kier alpha value is -0.740. The first-order valence-corrected chi connectivity index (χ1v) is 12.1. The molecule has 2 aromatic rings. The fourth-order valence-electron chi connectivity index (χ4n) is 4.93. The van der Waals surface area contributed by atoms with Crippen LogP contribution in [0.25, 0.3) is 0 Å². The van der Waals surface area contributed by atoms with Gasteiger partial charge in [-0.25, -0.2) is 0 Å². The predicted molar refractivity (Wildman–Crippen MR) is 119 cm³/mol. The molecule has 0 aliphatic heterocycles. The summed E-state index contributed by atoms with van der Waals surface area (Å²) in [5, 5.41) is 13.1. The van der Waals surface area contributed by atoms with Crippen molar-refractivity contribution in [2.45, 2.75) is 26.7 Å². The third-order valence-corrected chi connectivity index (χ3v) is 9.72. The molecule has 0 saturated heterocycles. The minimum absolute atomic E-state index is 0.0784. The van der Waals surface area contributed by atoms with Crippen molar-refractivity contribution in [1.82, 2.24) is 0 Å². The molecule has 0 heterocycles. The fraction of sp³-hybridized carbons (Fsp3) is 0.478. The number of hydrogen-bond acceptors (Lipinski definition) is 1. The lowest BCUT2D eigenvalue weighted by Gasteiger charge is -2.38. The summed E-state index contributed by atoms with van der Waals surface area (Å²) >= 11 is 0. The highest BCUT2D eigenvalue weighted by Crippen LogP contribution is 2.54. The zero-order valence-electron chi connectivity index (χ0n) is 16.0. The lowest BCUT2D eigenvalue weighted by atomic mass is 9.72. The minimum atomic E-state index is -0.353. The lowest BCUT2D eigenvalue weighted by molar-refractivity contribution is 0.0659. The molecule has 0 spiro atoms.